The second-order valence-electron chi connectivity index (χ2n) is 7.39. The minimum absolute atomic E-state index is 0.0417. The predicted octanol–water partition coefficient (Wildman–Crippen LogP) is 3.35. The van der Waals surface area contributed by atoms with Gasteiger partial charge in [0.25, 0.3) is 5.22 Å². The van der Waals surface area contributed by atoms with Crippen LogP contribution in [0.15, 0.2) is 57.3 Å². The lowest BCUT2D eigenvalue weighted by Gasteiger charge is -2.26. The maximum atomic E-state index is 13.1. The molecule has 2 aromatic heterocycles. The molecule has 1 amide bonds. The second-order valence-corrected chi connectivity index (χ2v) is 10.2. The van der Waals surface area contributed by atoms with Crippen molar-refractivity contribution in [2.45, 2.75) is 36.3 Å². The van der Waals surface area contributed by atoms with Gasteiger partial charge in [-0.05, 0) is 49.6 Å². The van der Waals surface area contributed by atoms with E-state index in [1.807, 2.05) is 0 Å². The van der Waals surface area contributed by atoms with Crippen molar-refractivity contribution in [1.82, 2.24) is 19.5 Å². The Bertz CT molecular complexity index is 1190. The summed E-state index contributed by atoms with van der Waals surface area (Å²) >= 11 is 1.10. The third-order valence-corrected chi connectivity index (χ3v) is 7.92. The van der Waals surface area contributed by atoms with Gasteiger partial charge in [-0.3, -0.25) is 9.78 Å². The summed E-state index contributed by atoms with van der Waals surface area (Å²) in [7, 11) is -3.59. The van der Waals surface area contributed by atoms with Gasteiger partial charge in [-0.2, -0.15) is 4.31 Å². The molecule has 3 heterocycles. The van der Waals surface area contributed by atoms with Crippen molar-refractivity contribution in [1.29, 1.82) is 0 Å². The van der Waals surface area contributed by atoms with Crippen LogP contribution in [-0.2, 0) is 14.8 Å². The molecule has 1 aromatic carbocycles. The lowest BCUT2D eigenvalue weighted by atomic mass is 10.2. The minimum Gasteiger partial charge on any atom is -0.411 e. The van der Waals surface area contributed by atoms with Crippen LogP contribution in [0.4, 0.5) is 5.69 Å². The molecule has 168 valence electrons. The first-order chi connectivity index (χ1) is 15.4. The van der Waals surface area contributed by atoms with E-state index in [0.29, 0.717) is 30.2 Å². The van der Waals surface area contributed by atoms with Gasteiger partial charge < -0.3 is 9.73 Å². The molecule has 0 saturated carbocycles. The number of aryl methyl sites for hydroxylation is 1. The zero-order valence-corrected chi connectivity index (χ0v) is 19.2. The molecule has 0 unspecified atom stereocenters. The molecule has 0 bridgehead atoms. The van der Waals surface area contributed by atoms with Crippen LogP contribution in [0, 0.1) is 6.92 Å². The van der Waals surface area contributed by atoms with Crippen LogP contribution >= 0.6 is 11.8 Å². The molecule has 9 nitrogen and oxygen atoms in total. The monoisotopic (exact) mass is 473 g/mol. The number of carbonyl (C=O) groups excluding carboxylic acids is 1. The van der Waals surface area contributed by atoms with Crippen molar-refractivity contribution in [3.8, 4) is 11.5 Å². The number of hydrogen-bond donors (Lipinski definition) is 1. The summed E-state index contributed by atoms with van der Waals surface area (Å²) in [5.74, 6) is 0.0882. The molecule has 11 heteroatoms. The molecular weight excluding hydrogens is 450 g/mol. The molecule has 1 aliphatic heterocycles. The van der Waals surface area contributed by atoms with Crippen LogP contribution in [0.2, 0.25) is 0 Å². The summed E-state index contributed by atoms with van der Waals surface area (Å²) in [4.78, 5) is 16.6. The number of rotatable bonds is 7. The van der Waals surface area contributed by atoms with Gasteiger partial charge in [-0.15, -0.1) is 10.2 Å². The highest BCUT2D eigenvalue weighted by Crippen LogP contribution is 2.27. The largest absolute Gasteiger partial charge is 0.411 e. The van der Waals surface area contributed by atoms with Crippen molar-refractivity contribution in [2.75, 3.05) is 24.2 Å². The van der Waals surface area contributed by atoms with Crippen LogP contribution in [0.5, 0.6) is 0 Å². The highest BCUT2D eigenvalue weighted by atomic mass is 32.2. The van der Waals surface area contributed by atoms with Gasteiger partial charge in [0.05, 0.1) is 10.6 Å². The van der Waals surface area contributed by atoms with Crippen molar-refractivity contribution in [2.24, 2.45) is 0 Å². The van der Waals surface area contributed by atoms with Crippen molar-refractivity contribution in [3.63, 3.8) is 0 Å². The Morgan fingerprint density at radius 1 is 1.12 bits per heavy atom. The number of hydrogen-bond acceptors (Lipinski definition) is 8. The molecule has 1 aliphatic rings. The Morgan fingerprint density at radius 3 is 2.62 bits per heavy atom. The number of amides is 1. The molecule has 0 aliphatic carbocycles. The molecule has 0 atom stereocenters. The maximum Gasteiger partial charge on any atom is 0.277 e. The summed E-state index contributed by atoms with van der Waals surface area (Å²) in [5, 5.41) is 10.9. The number of nitrogens with zero attached hydrogens (tertiary/aromatic N) is 4. The SMILES string of the molecule is Cc1ccc(NC(=O)CSc2nnc(-c3ccncc3)o2)cc1S(=O)(=O)N1CCCCC1. The second kappa shape index (κ2) is 9.80. The van der Waals surface area contributed by atoms with E-state index >= 15 is 0 Å². The first-order valence-electron chi connectivity index (χ1n) is 10.2. The number of carbonyl (C=O) groups is 1. The van der Waals surface area contributed by atoms with Crippen LogP contribution in [0.1, 0.15) is 24.8 Å². The number of aromatic nitrogens is 3. The van der Waals surface area contributed by atoms with Gasteiger partial charge in [0, 0.05) is 36.7 Å². The van der Waals surface area contributed by atoms with E-state index in [2.05, 4.69) is 20.5 Å². The fourth-order valence-corrected chi connectivity index (χ4v) is 5.73. The number of sulfonamides is 1. The van der Waals surface area contributed by atoms with E-state index < -0.39 is 10.0 Å². The molecule has 0 radical (unpaired) electrons. The highest BCUT2D eigenvalue weighted by molar-refractivity contribution is 7.99. The Labute approximate surface area is 190 Å². The summed E-state index contributed by atoms with van der Waals surface area (Å²) in [5.41, 5.74) is 1.82. The van der Waals surface area contributed by atoms with Gasteiger partial charge in [-0.25, -0.2) is 8.42 Å². The third kappa shape index (κ3) is 5.17. The molecule has 3 aromatic rings. The Kier molecular flexibility index (Phi) is 6.87. The maximum absolute atomic E-state index is 13.1. The Morgan fingerprint density at radius 2 is 1.88 bits per heavy atom. The quantitative estimate of drug-likeness (QED) is 0.519. The lowest BCUT2D eigenvalue weighted by molar-refractivity contribution is -0.113. The number of pyridine rings is 1. The Hall–Kier alpha value is -2.76. The smallest absolute Gasteiger partial charge is 0.277 e. The fraction of sp³-hybridized carbons (Fsp3) is 0.333. The third-order valence-electron chi connectivity index (χ3n) is 5.07. The van der Waals surface area contributed by atoms with E-state index in [4.69, 9.17) is 4.42 Å². The van der Waals surface area contributed by atoms with Gasteiger partial charge in [0.2, 0.25) is 21.8 Å². The van der Waals surface area contributed by atoms with Crippen molar-refractivity contribution >= 4 is 33.4 Å². The van der Waals surface area contributed by atoms with Gasteiger partial charge in [0.15, 0.2) is 0 Å². The fourth-order valence-electron chi connectivity index (χ4n) is 3.40. The lowest BCUT2D eigenvalue weighted by Crippen LogP contribution is -2.36. The normalized spacial score (nSPS) is 14.9. The Balaban J connectivity index is 1.39. The first kappa shape index (κ1) is 22.4. The van der Waals surface area contributed by atoms with E-state index in [9.17, 15) is 13.2 Å². The number of nitrogens with one attached hydrogen (secondary N) is 1. The highest BCUT2D eigenvalue weighted by Gasteiger charge is 2.27. The predicted molar refractivity (Wildman–Crippen MR) is 121 cm³/mol. The van der Waals surface area contributed by atoms with Gasteiger partial charge in [0.1, 0.15) is 0 Å². The molecule has 32 heavy (non-hydrogen) atoms. The zero-order chi connectivity index (χ0) is 22.6. The average Bonchev–Trinajstić information content (AvgIpc) is 3.29. The standard InChI is InChI=1S/C21H23N5O4S2/c1-15-5-6-17(13-18(15)32(28,29)26-11-3-2-4-12-26)23-19(27)14-31-21-25-24-20(30-21)16-7-9-22-10-8-16/h5-10,13H,2-4,11-12,14H2,1H3,(H,23,27). The van der Waals surface area contributed by atoms with E-state index in [-0.39, 0.29) is 21.8 Å². The number of piperidine rings is 1. The molecule has 1 saturated heterocycles. The topological polar surface area (TPSA) is 118 Å². The minimum atomic E-state index is -3.59. The first-order valence-corrected chi connectivity index (χ1v) is 12.6. The number of thioether (sulfide) groups is 1. The van der Waals surface area contributed by atoms with Gasteiger partial charge in [-0.1, -0.05) is 24.2 Å². The van der Waals surface area contributed by atoms with Crippen LogP contribution in [0.3, 0.4) is 0 Å². The summed E-state index contributed by atoms with van der Waals surface area (Å²) in [6, 6.07) is 8.43. The number of anilines is 1. The van der Waals surface area contributed by atoms with E-state index in [0.717, 1.165) is 36.6 Å². The molecule has 4 rings (SSSR count). The molecule has 0 spiro atoms. The van der Waals surface area contributed by atoms with Crippen LogP contribution in [0.25, 0.3) is 11.5 Å². The number of benzene rings is 1. The zero-order valence-electron chi connectivity index (χ0n) is 17.5. The van der Waals surface area contributed by atoms with Crippen molar-refractivity contribution in [3.05, 3.63) is 48.3 Å². The summed E-state index contributed by atoms with van der Waals surface area (Å²) < 4.78 is 33.2. The van der Waals surface area contributed by atoms with Crippen LogP contribution in [-0.4, -0.2) is 52.7 Å². The summed E-state index contributed by atoms with van der Waals surface area (Å²) in [6.45, 7) is 2.82. The van der Waals surface area contributed by atoms with Crippen LogP contribution < -0.4 is 5.32 Å². The van der Waals surface area contributed by atoms with E-state index in [1.165, 1.54) is 10.4 Å². The summed E-state index contributed by atoms with van der Waals surface area (Å²) in [6.07, 6.45) is 6.03. The van der Waals surface area contributed by atoms with E-state index in [1.54, 1.807) is 43.6 Å². The molecule has 1 fully saturated rings. The molecule has 1 N–H and O–H groups in total. The average molecular weight is 474 g/mol. The van der Waals surface area contributed by atoms with Gasteiger partial charge >= 0.3 is 0 Å². The molecular formula is C21H23N5O4S2. The van der Waals surface area contributed by atoms with Crippen molar-refractivity contribution < 1.29 is 17.6 Å².